The molecule has 0 radical (unpaired) electrons. The number of methoxy groups -OCH3 is 2. The van der Waals surface area contributed by atoms with Gasteiger partial charge in [-0.05, 0) is 42.6 Å². The number of nitrogens with zero attached hydrogens (tertiary/aromatic N) is 3. The lowest BCUT2D eigenvalue weighted by Crippen LogP contribution is -2.23. The number of nitrogens with one attached hydrogen (secondary N) is 1. The second kappa shape index (κ2) is 8.00. The van der Waals surface area contributed by atoms with Crippen molar-refractivity contribution in [3.8, 4) is 11.5 Å². The van der Waals surface area contributed by atoms with Crippen molar-refractivity contribution in [3.05, 3.63) is 54.6 Å². The van der Waals surface area contributed by atoms with E-state index in [1.54, 1.807) is 32.4 Å². The minimum absolute atomic E-state index is 0.168. The van der Waals surface area contributed by atoms with Crippen molar-refractivity contribution in [2.45, 2.75) is 17.3 Å². The number of fused-ring (bicyclic) bond motifs is 3. The standard InChI is InChI=1S/C21H20N4O3S/c1-13(20(26)22-16-12-15(27-2)9-10-18(16)28-3)29-21-24-23-19-11-8-14-6-4-5-7-17(14)25(19)21/h4-13H,1-3H3,(H,22,26). The summed E-state index contributed by atoms with van der Waals surface area (Å²) in [4.78, 5) is 12.8. The van der Waals surface area contributed by atoms with Gasteiger partial charge in [0.05, 0.1) is 30.7 Å². The fraction of sp³-hybridized carbons (Fsp3) is 0.190. The maximum atomic E-state index is 12.8. The molecule has 0 spiro atoms. The monoisotopic (exact) mass is 408 g/mol. The van der Waals surface area contributed by atoms with Gasteiger partial charge in [0.2, 0.25) is 5.91 Å². The van der Waals surface area contributed by atoms with Crippen LogP contribution in [-0.2, 0) is 4.79 Å². The first-order chi connectivity index (χ1) is 14.1. The predicted octanol–water partition coefficient (Wildman–Crippen LogP) is 4.02. The summed E-state index contributed by atoms with van der Waals surface area (Å²) in [6.07, 6.45) is 0. The third kappa shape index (κ3) is 3.71. The molecule has 8 heteroatoms. The molecule has 29 heavy (non-hydrogen) atoms. The van der Waals surface area contributed by atoms with Gasteiger partial charge in [-0.2, -0.15) is 0 Å². The smallest absolute Gasteiger partial charge is 0.237 e. The Morgan fingerprint density at radius 1 is 1.07 bits per heavy atom. The summed E-state index contributed by atoms with van der Waals surface area (Å²) in [5, 5.41) is 12.8. The highest BCUT2D eigenvalue weighted by Crippen LogP contribution is 2.31. The van der Waals surface area contributed by atoms with Crippen molar-refractivity contribution in [1.29, 1.82) is 0 Å². The molecule has 1 unspecified atom stereocenters. The third-order valence-corrected chi connectivity index (χ3v) is 5.61. The lowest BCUT2D eigenvalue weighted by Gasteiger charge is -2.14. The SMILES string of the molecule is COc1ccc(OC)c(NC(=O)C(C)Sc2nnc3ccc4ccccc4n23)c1. The molecule has 2 heterocycles. The van der Waals surface area contributed by atoms with Gasteiger partial charge < -0.3 is 14.8 Å². The van der Waals surface area contributed by atoms with Crippen molar-refractivity contribution in [1.82, 2.24) is 14.6 Å². The summed E-state index contributed by atoms with van der Waals surface area (Å²) in [6, 6.07) is 17.2. The summed E-state index contributed by atoms with van der Waals surface area (Å²) >= 11 is 1.35. The molecule has 0 saturated carbocycles. The Labute approximate surface area is 172 Å². The van der Waals surface area contributed by atoms with Crippen molar-refractivity contribution >= 4 is 39.9 Å². The van der Waals surface area contributed by atoms with Gasteiger partial charge in [-0.3, -0.25) is 9.20 Å². The second-order valence-corrected chi connectivity index (χ2v) is 7.69. The maximum absolute atomic E-state index is 12.8. The van der Waals surface area contributed by atoms with Crippen molar-refractivity contribution < 1.29 is 14.3 Å². The Hall–Kier alpha value is -3.26. The van der Waals surface area contributed by atoms with E-state index in [4.69, 9.17) is 9.47 Å². The average Bonchev–Trinajstić information content (AvgIpc) is 3.16. The number of carbonyl (C=O) groups is 1. The summed E-state index contributed by atoms with van der Waals surface area (Å²) in [6.45, 7) is 1.83. The van der Waals surface area contributed by atoms with E-state index in [1.807, 2.05) is 47.7 Å². The van der Waals surface area contributed by atoms with Gasteiger partial charge in [0.1, 0.15) is 11.5 Å². The lowest BCUT2D eigenvalue weighted by molar-refractivity contribution is -0.115. The number of hydrogen-bond acceptors (Lipinski definition) is 6. The summed E-state index contributed by atoms with van der Waals surface area (Å²) in [5.41, 5.74) is 2.30. The van der Waals surface area contributed by atoms with E-state index >= 15 is 0 Å². The number of aromatic nitrogens is 3. The van der Waals surface area contributed by atoms with Crippen LogP contribution in [0.4, 0.5) is 5.69 Å². The molecule has 0 aliphatic carbocycles. The molecule has 1 atom stereocenters. The van der Waals surface area contributed by atoms with E-state index < -0.39 is 5.25 Å². The second-order valence-electron chi connectivity index (χ2n) is 6.38. The molecule has 1 N–H and O–H groups in total. The van der Waals surface area contributed by atoms with Crippen LogP contribution < -0.4 is 14.8 Å². The number of rotatable bonds is 6. The van der Waals surface area contributed by atoms with Crippen LogP contribution in [0.5, 0.6) is 11.5 Å². The number of pyridine rings is 1. The number of carbonyl (C=O) groups excluding carboxylic acids is 1. The molecule has 148 valence electrons. The van der Waals surface area contributed by atoms with E-state index in [0.717, 1.165) is 16.6 Å². The molecular formula is C21H20N4O3S. The Kier molecular flexibility index (Phi) is 5.26. The highest BCUT2D eigenvalue weighted by molar-refractivity contribution is 8.00. The molecule has 0 bridgehead atoms. The van der Waals surface area contributed by atoms with Crippen LogP contribution in [0.1, 0.15) is 6.92 Å². The zero-order valence-electron chi connectivity index (χ0n) is 16.2. The molecule has 1 amide bonds. The Bertz CT molecular complexity index is 1190. The number of para-hydroxylation sites is 1. The van der Waals surface area contributed by atoms with Crippen LogP contribution in [0, 0.1) is 0 Å². The van der Waals surface area contributed by atoms with Crippen molar-refractivity contribution in [2.24, 2.45) is 0 Å². The first-order valence-electron chi connectivity index (χ1n) is 9.03. The Morgan fingerprint density at radius 2 is 1.90 bits per heavy atom. The third-order valence-electron chi connectivity index (χ3n) is 4.56. The lowest BCUT2D eigenvalue weighted by atomic mass is 10.2. The Balaban J connectivity index is 1.59. The molecule has 4 rings (SSSR count). The quantitative estimate of drug-likeness (QED) is 0.486. The summed E-state index contributed by atoms with van der Waals surface area (Å²) in [5.74, 6) is 1.03. The van der Waals surface area contributed by atoms with Crippen LogP contribution in [0.25, 0.3) is 16.6 Å². The molecular weight excluding hydrogens is 388 g/mol. The van der Waals surface area contributed by atoms with Gasteiger partial charge in [0, 0.05) is 6.07 Å². The van der Waals surface area contributed by atoms with Crippen LogP contribution in [-0.4, -0.2) is 40.0 Å². The average molecular weight is 408 g/mol. The molecule has 2 aromatic heterocycles. The number of thioether (sulfide) groups is 1. The minimum Gasteiger partial charge on any atom is -0.497 e. The van der Waals surface area contributed by atoms with Gasteiger partial charge in [-0.25, -0.2) is 0 Å². The fourth-order valence-electron chi connectivity index (χ4n) is 3.05. The van der Waals surface area contributed by atoms with Crippen LogP contribution >= 0.6 is 11.8 Å². The molecule has 0 aliphatic rings. The first kappa shape index (κ1) is 19.1. The summed E-state index contributed by atoms with van der Waals surface area (Å²) in [7, 11) is 3.13. The highest BCUT2D eigenvalue weighted by atomic mass is 32.2. The molecule has 2 aromatic carbocycles. The zero-order chi connectivity index (χ0) is 20.4. The number of anilines is 1. The van der Waals surface area contributed by atoms with Gasteiger partial charge in [0.25, 0.3) is 0 Å². The number of ether oxygens (including phenoxy) is 2. The van der Waals surface area contributed by atoms with E-state index in [1.165, 1.54) is 11.8 Å². The van der Waals surface area contributed by atoms with Crippen LogP contribution in [0.3, 0.4) is 0 Å². The Morgan fingerprint density at radius 3 is 2.69 bits per heavy atom. The zero-order valence-corrected chi connectivity index (χ0v) is 17.1. The number of hydrogen-bond donors (Lipinski definition) is 1. The van der Waals surface area contributed by atoms with Gasteiger partial charge in [-0.15, -0.1) is 10.2 Å². The molecule has 0 fully saturated rings. The van der Waals surface area contributed by atoms with E-state index in [2.05, 4.69) is 15.5 Å². The maximum Gasteiger partial charge on any atom is 0.237 e. The first-order valence-corrected chi connectivity index (χ1v) is 9.91. The van der Waals surface area contributed by atoms with E-state index in [-0.39, 0.29) is 5.91 Å². The molecule has 0 saturated heterocycles. The van der Waals surface area contributed by atoms with Gasteiger partial charge in [-0.1, -0.05) is 30.0 Å². The topological polar surface area (TPSA) is 77.8 Å². The van der Waals surface area contributed by atoms with E-state index in [9.17, 15) is 4.79 Å². The van der Waals surface area contributed by atoms with Crippen molar-refractivity contribution in [2.75, 3.05) is 19.5 Å². The van der Waals surface area contributed by atoms with Gasteiger partial charge in [0.15, 0.2) is 10.8 Å². The number of amides is 1. The van der Waals surface area contributed by atoms with Crippen molar-refractivity contribution in [3.63, 3.8) is 0 Å². The molecule has 0 aliphatic heterocycles. The molecule has 7 nitrogen and oxygen atoms in total. The fourth-order valence-corrected chi connectivity index (χ4v) is 3.91. The highest BCUT2D eigenvalue weighted by Gasteiger charge is 2.20. The largest absolute Gasteiger partial charge is 0.497 e. The summed E-state index contributed by atoms with van der Waals surface area (Å²) < 4.78 is 12.5. The number of benzene rings is 2. The van der Waals surface area contributed by atoms with Gasteiger partial charge >= 0.3 is 0 Å². The predicted molar refractivity (Wildman–Crippen MR) is 114 cm³/mol. The molecule has 4 aromatic rings. The van der Waals surface area contributed by atoms with Crippen LogP contribution in [0.15, 0.2) is 59.8 Å². The van der Waals surface area contributed by atoms with Crippen LogP contribution in [0.2, 0.25) is 0 Å². The normalized spacial score (nSPS) is 12.1. The minimum atomic E-state index is -0.405. The van der Waals surface area contributed by atoms with E-state index in [0.29, 0.717) is 22.3 Å².